The van der Waals surface area contributed by atoms with Gasteiger partial charge in [0, 0.05) is 33.5 Å². The maximum atomic E-state index is 2.47. The van der Waals surface area contributed by atoms with Gasteiger partial charge in [-0.2, -0.15) is 0 Å². The van der Waals surface area contributed by atoms with Crippen LogP contribution >= 0.6 is 0 Å². The first-order valence-electron chi connectivity index (χ1n) is 25.2. The number of nitrogens with zero attached hydrogens (tertiary/aromatic N) is 2. The van der Waals surface area contributed by atoms with Crippen molar-refractivity contribution in [3.05, 3.63) is 303 Å². The van der Waals surface area contributed by atoms with Gasteiger partial charge in [-0.25, -0.2) is 0 Å². The van der Waals surface area contributed by atoms with E-state index < -0.39 is 8.07 Å². The van der Waals surface area contributed by atoms with Crippen molar-refractivity contribution in [3.63, 3.8) is 0 Å². The van der Waals surface area contributed by atoms with Crippen LogP contribution in [0.5, 0.6) is 0 Å². The van der Waals surface area contributed by atoms with Gasteiger partial charge >= 0.3 is 0 Å². The number of hydrogen-bond acceptors (Lipinski definition) is 1. The molecule has 344 valence electrons. The molecule has 0 spiro atoms. The lowest BCUT2D eigenvalue weighted by atomic mass is 9.98. The molecule has 13 aromatic rings. The lowest BCUT2D eigenvalue weighted by Gasteiger charge is -2.35. The molecule has 3 heteroatoms. The first kappa shape index (κ1) is 43.7. The number of para-hydroxylation sites is 1. The summed E-state index contributed by atoms with van der Waals surface area (Å²) in [5, 5.41) is 10.3. The third-order valence-corrected chi connectivity index (χ3v) is 19.5. The minimum atomic E-state index is -2.83. The van der Waals surface area contributed by atoms with Gasteiger partial charge < -0.3 is 9.47 Å². The van der Waals surface area contributed by atoms with Crippen LogP contribution in [-0.4, -0.2) is 12.6 Å². The zero-order chi connectivity index (χ0) is 48.6. The average Bonchev–Trinajstić information content (AvgIpc) is 3.82. The summed E-state index contributed by atoms with van der Waals surface area (Å²) in [5.41, 5.74) is 14.0. The molecule has 0 fully saturated rings. The van der Waals surface area contributed by atoms with Crippen LogP contribution in [0.15, 0.2) is 303 Å². The number of fused-ring (bicyclic) bond motifs is 4. The summed E-state index contributed by atoms with van der Waals surface area (Å²) in [6, 6.07) is 112. The van der Waals surface area contributed by atoms with Crippen molar-refractivity contribution >= 4 is 78.5 Å². The Hall–Kier alpha value is -9.28. The van der Waals surface area contributed by atoms with Gasteiger partial charge in [0.15, 0.2) is 8.07 Å². The Morgan fingerprint density at radius 3 is 1.34 bits per heavy atom. The summed E-state index contributed by atoms with van der Waals surface area (Å²) in [6.45, 7) is 0. The second kappa shape index (κ2) is 18.8. The van der Waals surface area contributed by atoms with Crippen molar-refractivity contribution in [2.45, 2.75) is 0 Å². The monoisotopic (exact) mass is 946 g/mol. The number of rotatable bonds is 11. The zero-order valence-electron chi connectivity index (χ0n) is 40.3. The molecule has 1 aromatic heterocycles. The molecule has 0 N–H and O–H groups in total. The number of anilines is 3. The molecule has 13 rings (SSSR count). The fraction of sp³-hybridized carbons (Fsp3) is 0. The summed E-state index contributed by atoms with van der Waals surface area (Å²) in [5.74, 6) is 0. The van der Waals surface area contributed by atoms with Crippen LogP contribution in [0.1, 0.15) is 0 Å². The molecule has 0 saturated carbocycles. The Morgan fingerprint density at radius 2 is 0.712 bits per heavy atom. The van der Waals surface area contributed by atoms with Gasteiger partial charge in [0.2, 0.25) is 0 Å². The van der Waals surface area contributed by atoms with E-state index in [1.165, 1.54) is 86.7 Å². The maximum Gasteiger partial charge on any atom is 0.179 e. The molecule has 0 amide bonds. The molecule has 73 heavy (non-hydrogen) atoms. The van der Waals surface area contributed by atoms with Gasteiger partial charge in [0.1, 0.15) is 0 Å². The SMILES string of the molecule is c1ccc(-c2ccc(-n3c4ccccc4c4c(-c5ccc(N(c6ccc(-c7cccc8ccccc78)cc6)c6cccc([Si](c7ccccc7)(c7ccccc7)c7ccccc7)c6)cc5)cccc43)cc2)cc1. The van der Waals surface area contributed by atoms with Gasteiger partial charge in [-0.05, 0) is 126 Å². The lowest BCUT2D eigenvalue weighted by Crippen LogP contribution is -2.74. The van der Waals surface area contributed by atoms with Crippen LogP contribution in [0, 0.1) is 0 Å². The third kappa shape index (κ3) is 7.75. The van der Waals surface area contributed by atoms with E-state index in [0.29, 0.717) is 0 Å². The molecule has 0 aliphatic rings. The standard InChI is InChI=1S/C70H50N2Si/c1-5-20-51(21-6-1)52-38-44-58(45-39-52)72-68-36-16-15-33-67(68)70-66(35-19-37-69(70)72)55-42-48-57(49-43-55)71(56-46-40-54(41-47-56)65-34-17-23-53-22-13-14-32-64(53)65)59-24-18-31-63(50-59)73(60-25-7-2-8-26-60,61-27-9-3-10-28-61)62-29-11-4-12-30-62/h1-50H. The van der Waals surface area contributed by atoms with Crippen molar-refractivity contribution in [1.82, 2.24) is 4.57 Å². The summed E-state index contributed by atoms with van der Waals surface area (Å²) >= 11 is 0. The van der Waals surface area contributed by atoms with Crippen LogP contribution in [-0.2, 0) is 0 Å². The van der Waals surface area contributed by atoms with Crippen molar-refractivity contribution in [2.75, 3.05) is 4.90 Å². The highest BCUT2D eigenvalue weighted by Crippen LogP contribution is 2.41. The van der Waals surface area contributed by atoms with Crippen LogP contribution < -0.4 is 25.6 Å². The number of aromatic nitrogens is 1. The molecular weight excluding hydrogens is 897 g/mol. The van der Waals surface area contributed by atoms with E-state index in [1.807, 2.05) is 0 Å². The van der Waals surface area contributed by atoms with Crippen LogP contribution in [0.2, 0.25) is 0 Å². The van der Waals surface area contributed by atoms with E-state index in [9.17, 15) is 0 Å². The third-order valence-electron chi connectivity index (χ3n) is 14.8. The number of benzene rings is 12. The first-order chi connectivity index (χ1) is 36.2. The van der Waals surface area contributed by atoms with Gasteiger partial charge in [0.05, 0.1) is 11.0 Å². The topological polar surface area (TPSA) is 8.17 Å². The Morgan fingerprint density at radius 1 is 0.274 bits per heavy atom. The second-order valence-corrected chi connectivity index (χ2v) is 22.6. The largest absolute Gasteiger partial charge is 0.311 e. The van der Waals surface area contributed by atoms with E-state index in [1.54, 1.807) is 0 Å². The van der Waals surface area contributed by atoms with E-state index in [4.69, 9.17) is 0 Å². The molecule has 0 bridgehead atoms. The zero-order valence-corrected chi connectivity index (χ0v) is 41.3. The normalized spacial score (nSPS) is 11.6. The van der Waals surface area contributed by atoms with Crippen molar-refractivity contribution in [1.29, 1.82) is 0 Å². The highest BCUT2D eigenvalue weighted by Gasteiger charge is 2.41. The Balaban J connectivity index is 0.959. The second-order valence-electron chi connectivity index (χ2n) is 18.8. The van der Waals surface area contributed by atoms with E-state index in [2.05, 4.69) is 313 Å². The summed E-state index contributed by atoms with van der Waals surface area (Å²) in [4.78, 5) is 2.44. The molecule has 1 heterocycles. The molecular formula is C70H50N2Si. The first-order valence-corrected chi connectivity index (χ1v) is 27.2. The van der Waals surface area contributed by atoms with Crippen molar-refractivity contribution in [2.24, 2.45) is 0 Å². The van der Waals surface area contributed by atoms with E-state index in [0.717, 1.165) is 22.7 Å². The highest BCUT2D eigenvalue weighted by atomic mass is 28.3. The van der Waals surface area contributed by atoms with Gasteiger partial charge in [0.25, 0.3) is 0 Å². The predicted octanol–water partition coefficient (Wildman–Crippen LogP) is 15.8. The van der Waals surface area contributed by atoms with Crippen LogP contribution in [0.3, 0.4) is 0 Å². The summed E-state index contributed by atoms with van der Waals surface area (Å²) < 4.78 is 2.41. The van der Waals surface area contributed by atoms with Gasteiger partial charge in [-0.3, -0.25) is 0 Å². The minimum absolute atomic E-state index is 1.08. The average molecular weight is 947 g/mol. The molecule has 0 saturated heterocycles. The fourth-order valence-electron chi connectivity index (χ4n) is 11.4. The molecule has 2 nitrogen and oxygen atoms in total. The van der Waals surface area contributed by atoms with Gasteiger partial charge in [-0.1, -0.05) is 243 Å². The minimum Gasteiger partial charge on any atom is -0.311 e. The molecule has 0 radical (unpaired) electrons. The van der Waals surface area contributed by atoms with E-state index in [-0.39, 0.29) is 0 Å². The fourth-order valence-corrected chi connectivity index (χ4v) is 16.2. The molecule has 0 aliphatic carbocycles. The Bertz CT molecular complexity index is 3940. The Labute approximate surface area is 428 Å². The van der Waals surface area contributed by atoms with Crippen LogP contribution in [0.25, 0.3) is 71.6 Å². The van der Waals surface area contributed by atoms with Gasteiger partial charge in [-0.15, -0.1) is 0 Å². The quantitative estimate of drug-likeness (QED) is 0.0926. The van der Waals surface area contributed by atoms with Crippen molar-refractivity contribution < 1.29 is 0 Å². The molecule has 0 unspecified atom stereocenters. The molecule has 0 atom stereocenters. The highest BCUT2D eigenvalue weighted by molar-refractivity contribution is 7.19. The molecule has 0 aliphatic heterocycles. The lowest BCUT2D eigenvalue weighted by molar-refractivity contribution is 1.18. The number of hydrogen-bond donors (Lipinski definition) is 0. The predicted molar refractivity (Wildman–Crippen MR) is 313 cm³/mol. The maximum absolute atomic E-state index is 2.83. The summed E-state index contributed by atoms with van der Waals surface area (Å²) in [7, 11) is -2.83. The summed E-state index contributed by atoms with van der Waals surface area (Å²) in [6.07, 6.45) is 0. The molecule has 12 aromatic carbocycles. The Kier molecular flexibility index (Phi) is 11.3. The van der Waals surface area contributed by atoms with E-state index >= 15 is 0 Å². The van der Waals surface area contributed by atoms with Crippen LogP contribution in [0.4, 0.5) is 17.1 Å². The smallest absolute Gasteiger partial charge is 0.179 e. The van der Waals surface area contributed by atoms with Crippen molar-refractivity contribution in [3.8, 4) is 39.1 Å².